The van der Waals surface area contributed by atoms with E-state index in [9.17, 15) is 0 Å². The van der Waals surface area contributed by atoms with Crippen molar-refractivity contribution in [2.45, 2.75) is 79.3 Å². The van der Waals surface area contributed by atoms with Crippen LogP contribution in [0.5, 0.6) is 0 Å². The molecule has 0 spiro atoms. The fraction of sp³-hybridized carbons (Fsp3) is 1.00. The van der Waals surface area contributed by atoms with Crippen LogP contribution in [-0.2, 0) is 0 Å². The summed E-state index contributed by atoms with van der Waals surface area (Å²) in [5.74, 6) is 0.778. The van der Waals surface area contributed by atoms with E-state index in [4.69, 9.17) is 0 Å². The first-order chi connectivity index (χ1) is 7.31. The number of hydrogen-bond acceptors (Lipinski definition) is 1. The van der Waals surface area contributed by atoms with Crippen molar-refractivity contribution in [3.63, 3.8) is 0 Å². The van der Waals surface area contributed by atoms with Crippen LogP contribution in [0.3, 0.4) is 0 Å². The van der Waals surface area contributed by atoms with Gasteiger partial charge in [0.05, 0.1) is 0 Å². The number of piperidine rings is 1. The van der Waals surface area contributed by atoms with Crippen LogP contribution >= 0.6 is 0 Å². The molecule has 0 aliphatic carbocycles. The Balaban J connectivity index is 2.64. The third-order valence-corrected chi connectivity index (χ3v) is 4.01. The van der Waals surface area contributed by atoms with Crippen molar-refractivity contribution < 1.29 is 0 Å². The smallest absolute Gasteiger partial charge is 0.0103 e. The highest BCUT2D eigenvalue weighted by Crippen LogP contribution is 2.31. The van der Waals surface area contributed by atoms with Gasteiger partial charge in [-0.2, -0.15) is 0 Å². The zero-order valence-electron chi connectivity index (χ0n) is 12.2. The molecule has 96 valence electrons. The van der Waals surface area contributed by atoms with Gasteiger partial charge in [-0.05, 0) is 44.1 Å². The number of nitrogens with zero attached hydrogens (tertiary/aromatic N) is 1. The molecule has 2 atom stereocenters. The molecule has 0 radical (unpaired) electrons. The van der Waals surface area contributed by atoms with Crippen molar-refractivity contribution >= 4 is 0 Å². The third kappa shape index (κ3) is 4.08. The number of likely N-dealkylation sites (tertiary alicyclic amines) is 1. The van der Waals surface area contributed by atoms with Gasteiger partial charge >= 0.3 is 0 Å². The van der Waals surface area contributed by atoms with Crippen molar-refractivity contribution in [3.05, 3.63) is 0 Å². The molecular formula is C15H31N. The van der Waals surface area contributed by atoms with E-state index >= 15 is 0 Å². The molecule has 0 amide bonds. The van der Waals surface area contributed by atoms with Gasteiger partial charge in [0.1, 0.15) is 0 Å². The Morgan fingerprint density at radius 1 is 1.12 bits per heavy atom. The molecule has 16 heavy (non-hydrogen) atoms. The lowest BCUT2D eigenvalue weighted by atomic mass is 9.83. The minimum atomic E-state index is 0.469. The lowest BCUT2D eigenvalue weighted by molar-refractivity contribution is 0.0547. The summed E-state index contributed by atoms with van der Waals surface area (Å²) in [6.45, 7) is 15.6. The highest BCUT2D eigenvalue weighted by atomic mass is 15.2. The summed E-state index contributed by atoms with van der Waals surface area (Å²) in [6, 6.07) is 1.57. The molecule has 0 N–H and O–H groups in total. The molecule has 1 unspecified atom stereocenters. The summed E-state index contributed by atoms with van der Waals surface area (Å²) >= 11 is 0. The Bertz CT molecular complexity index is 202. The maximum Gasteiger partial charge on any atom is 0.0103 e. The molecule has 0 aromatic rings. The highest BCUT2D eigenvalue weighted by molar-refractivity contribution is 4.85. The molecule has 1 nitrogen and oxygen atoms in total. The Labute approximate surface area is 103 Å². The Morgan fingerprint density at radius 3 is 2.25 bits per heavy atom. The second-order valence-corrected chi connectivity index (χ2v) is 7.14. The van der Waals surface area contributed by atoms with Crippen LogP contribution in [0.1, 0.15) is 67.2 Å². The summed E-state index contributed by atoms with van der Waals surface area (Å²) in [5, 5.41) is 0. The maximum atomic E-state index is 2.78. The Morgan fingerprint density at radius 2 is 1.75 bits per heavy atom. The van der Waals surface area contributed by atoms with Crippen LogP contribution in [0.25, 0.3) is 0 Å². The zero-order valence-corrected chi connectivity index (χ0v) is 12.2. The first-order valence-electron chi connectivity index (χ1n) is 7.07. The van der Waals surface area contributed by atoms with Gasteiger partial charge in [0.2, 0.25) is 0 Å². The Kier molecular flexibility index (Phi) is 4.85. The molecule has 1 heteroatoms. The fourth-order valence-corrected chi connectivity index (χ4v) is 2.87. The molecule has 1 heterocycles. The topological polar surface area (TPSA) is 3.24 Å². The van der Waals surface area contributed by atoms with Crippen molar-refractivity contribution in [1.29, 1.82) is 0 Å². The predicted octanol–water partition coefficient (Wildman–Crippen LogP) is 4.32. The van der Waals surface area contributed by atoms with E-state index in [-0.39, 0.29) is 0 Å². The predicted molar refractivity (Wildman–Crippen MR) is 72.7 cm³/mol. The monoisotopic (exact) mass is 225 g/mol. The lowest BCUT2D eigenvalue weighted by Crippen LogP contribution is -2.48. The largest absolute Gasteiger partial charge is 0.297 e. The van der Waals surface area contributed by atoms with Gasteiger partial charge in [0.25, 0.3) is 0 Å². The zero-order chi connectivity index (χ0) is 12.3. The molecule has 0 saturated carbocycles. The molecule has 1 fully saturated rings. The summed E-state index contributed by atoms with van der Waals surface area (Å²) in [5.41, 5.74) is 0.469. The van der Waals surface area contributed by atoms with E-state index in [1.165, 1.54) is 32.2 Å². The van der Waals surface area contributed by atoms with Crippen LogP contribution in [0, 0.1) is 11.3 Å². The standard InChI is InChI=1S/C15H31N/c1-12(2)13(3)16-10-8-7-9-14(16)11-15(4,5)6/h12-14H,7-11H2,1-6H3/t13?,14-/m1/s1. The molecule has 1 aliphatic rings. The van der Waals surface area contributed by atoms with Crippen LogP contribution in [0.15, 0.2) is 0 Å². The van der Waals surface area contributed by atoms with Gasteiger partial charge in [-0.3, -0.25) is 4.90 Å². The highest BCUT2D eigenvalue weighted by Gasteiger charge is 2.30. The minimum absolute atomic E-state index is 0.469. The third-order valence-electron chi connectivity index (χ3n) is 4.01. The maximum absolute atomic E-state index is 2.78. The second-order valence-electron chi connectivity index (χ2n) is 7.14. The summed E-state index contributed by atoms with van der Waals surface area (Å²) < 4.78 is 0. The molecule has 0 bridgehead atoms. The average molecular weight is 225 g/mol. The minimum Gasteiger partial charge on any atom is -0.297 e. The summed E-state index contributed by atoms with van der Waals surface area (Å²) in [6.07, 6.45) is 5.60. The summed E-state index contributed by atoms with van der Waals surface area (Å²) in [7, 11) is 0. The van der Waals surface area contributed by atoms with E-state index in [0.717, 1.165) is 18.0 Å². The van der Waals surface area contributed by atoms with Crippen LogP contribution in [-0.4, -0.2) is 23.5 Å². The number of hydrogen-bond donors (Lipinski definition) is 0. The van der Waals surface area contributed by atoms with E-state index in [1.807, 2.05) is 0 Å². The first kappa shape index (κ1) is 14.0. The van der Waals surface area contributed by atoms with Gasteiger partial charge in [-0.1, -0.05) is 41.0 Å². The van der Waals surface area contributed by atoms with Crippen molar-refractivity contribution in [2.75, 3.05) is 6.54 Å². The lowest BCUT2D eigenvalue weighted by Gasteiger charge is -2.44. The normalized spacial score (nSPS) is 26.1. The van der Waals surface area contributed by atoms with Crippen LogP contribution in [0.2, 0.25) is 0 Å². The molecule has 1 saturated heterocycles. The first-order valence-corrected chi connectivity index (χ1v) is 7.07. The van der Waals surface area contributed by atoms with Gasteiger partial charge in [0, 0.05) is 12.1 Å². The summed E-state index contributed by atoms with van der Waals surface area (Å²) in [4.78, 5) is 2.78. The van der Waals surface area contributed by atoms with Crippen molar-refractivity contribution in [1.82, 2.24) is 4.90 Å². The average Bonchev–Trinajstić information content (AvgIpc) is 2.15. The van der Waals surface area contributed by atoms with Crippen LogP contribution < -0.4 is 0 Å². The van der Waals surface area contributed by atoms with Crippen molar-refractivity contribution in [3.8, 4) is 0 Å². The quantitative estimate of drug-likeness (QED) is 0.691. The molecule has 1 aliphatic heterocycles. The van der Waals surface area contributed by atoms with E-state index in [2.05, 4.69) is 46.4 Å². The molecule has 1 rings (SSSR count). The van der Waals surface area contributed by atoms with E-state index in [0.29, 0.717) is 5.41 Å². The molecule has 0 aromatic carbocycles. The van der Waals surface area contributed by atoms with Gasteiger partial charge in [-0.15, -0.1) is 0 Å². The van der Waals surface area contributed by atoms with Gasteiger partial charge in [0.15, 0.2) is 0 Å². The Hall–Kier alpha value is -0.0400. The molecular weight excluding hydrogens is 194 g/mol. The van der Waals surface area contributed by atoms with E-state index in [1.54, 1.807) is 0 Å². The SMILES string of the molecule is CC(C)C(C)N1CCCC[C@@H]1CC(C)(C)C. The molecule has 0 aromatic heterocycles. The second kappa shape index (κ2) is 5.53. The van der Waals surface area contributed by atoms with Gasteiger partial charge in [-0.25, -0.2) is 0 Å². The van der Waals surface area contributed by atoms with E-state index < -0.39 is 0 Å². The van der Waals surface area contributed by atoms with Crippen LogP contribution in [0.4, 0.5) is 0 Å². The van der Waals surface area contributed by atoms with Crippen molar-refractivity contribution in [2.24, 2.45) is 11.3 Å². The fourth-order valence-electron chi connectivity index (χ4n) is 2.87. The number of rotatable bonds is 3. The van der Waals surface area contributed by atoms with Gasteiger partial charge < -0.3 is 0 Å².